The van der Waals surface area contributed by atoms with Gasteiger partial charge in [0.15, 0.2) is 0 Å². The fraction of sp³-hybridized carbons (Fsp3) is 0.320. The van der Waals surface area contributed by atoms with E-state index in [4.69, 9.17) is 16.3 Å². The van der Waals surface area contributed by atoms with Gasteiger partial charge in [0.25, 0.3) is 0 Å². The minimum absolute atomic E-state index is 0.0798. The highest BCUT2D eigenvalue weighted by Gasteiger charge is 2.43. The second kappa shape index (κ2) is 9.97. The lowest BCUT2D eigenvalue weighted by Gasteiger charge is -2.45. The molecule has 2 atom stereocenters. The third kappa shape index (κ3) is 4.84. The van der Waals surface area contributed by atoms with Crippen LogP contribution < -0.4 is 5.32 Å². The minimum Gasteiger partial charge on any atom is -0.374 e. The maximum atomic E-state index is 13.0. The fourth-order valence-electron chi connectivity index (χ4n) is 4.45. The van der Waals surface area contributed by atoms with Crippen LogP contribution in [0.15, 0.2) is 67.0 Å². The topological polar surface area (TPSA) is 79.7 Å². The van der Waals surface area contributed by atoms with Crippen LogP contribution in [0.3, 0.4) is 0 Å². The average molecular weight is 480 g/mol. The van der Waals surface area contributed by atoms with Crippen molar-refractivity contribution in [1.29, 1.82) is 0 Å². The number of hydrogen-bond donors (Lipinski definition) is 1. The number of fused-ring (bicyclic) bond motifs is 1. The van der Waals surface area contributed by atoms with E-state index >= 15 is 0 Å². The number of ether oxygens (including phenoxy) is 1. The van der Waals surface area contributed by atoms with E-state index in [-0.39, 0.29) is 18.4 Å². The Morgan fingerprint density at radius 1 is 1.03 bits per heavy atom. The number of aromatic nitrogens is 2. The molecular weight excluding hydrogens is 454 g/mol. The molecule has 0 aliphatic carbocycles. The van der Waals surface area contributed by atoms with Gasteiger partial charge in [0.2, 0.25) is 11.8 Å². The predicted octanol–water partition coefficient (Wildman–Crippen LogP) is 2.25. The lowest BCUT2D eigenvalue weighted by atomic mass is 10.0. The van der Waals surface area contributed by atoms with E-state index in [0.29, 0.717) is 37.8 Å². The largest absolute Gasteiger partial charge is 0.374 e. The Bertz CT molecular complexity index is 1170. The molecule has 8 nitrogen and oxygen atoms in total. The lowest BCUT2D eigenvalue weighted by Crippen LogP contribution is -2.69. The number of carbonyl (C=O) groups is 2. The molecule has 2 aliphatic rings. The number of piperazine rings is 2. The molecule has 3 heterocycles. The summed E-state index contributed by atoms with van der Waals surface area (Å²) >= 11 is 6.28. The van der Waals surface area contributed by atoms with Crippen LogP contribution in [0.5, 0.6) is 0 Å². The van der Waals surface area contributed by atoms with Gasteiger partial charge in [-0.25, -0.2) is 4.68 Å². The first-order valence-electron chi connectivity index (χ1n) is 11.3. The standard InChI is InChI=1S/C25H26ClN5O3/c26-20-8-4-5-9-22(20)31-14-19(12-27-31)13-29-10-11-30-23(15-29)24(32)28-21(25(30)33)17-34-16-18-6-2-1-3-7-18/h1-9,12,14,21,23H,10-11,13,15-17H2,(H,28,32)/t21-,23+/m0/s1. The van der Waals surface area contributed by atoms with Crippen LogP contribution in [0.2, 0.25) is 5.02 Å². The number of rotatable bonds is 7. The molecule has 2 aromatic carbocycles. The van der Waals surface area contributed by atoms with Crippen molar-refractivity contribution in [2.24, 2.45) is 0 Å². The number of amides is 2. The first-order chi connectivity index (χ1) is 16.6. The van der Waals surface area contributed by atoms with Crippen molar-refractivity contribution in [2.45, 2.75) is 25.2 Å². The summed E-state index contributed by atoms with van der Waals surface area (Å²) < 4.78 is 7.47. The summed E-state index contributed by atoms with van der Waals surface area (Å²) in [6, 6.07) is 16.2. The van der Waals surface area contributed by atoms with Crippen molar-refractivity contribution < 1.29 is 14.3 Å². The molecule has 5 rings (SSSR count). The maximum Gasteiger partial charge on any atom is 0.248 e. The summed E-state index contributed by atoms with van der Waals surface area (Å²) in [5, 5.41) is 7.91. The highest BCUT2D eigenvalue weighted by atomic mass is 35.5. The molecule has 0 radical (unpaired) electrons. The van der Waals surface area contributed by atoms with E-state index in [1.165, 1.54) is 0 Å². The van der Waals surface area contributed by atoms with Gasteiger partial charge in [-0.05, 0) is 17.7 Å². The van der Waals surface area contributed by atoms with Crippen molar-refractivity contribution in [2.75, 3.05) is 26.2 Å². The molecule has 1 N–H and O–H groups in total. The number of halogens is 1. The second-order valence-corrected chi connectivity index (χ2v) is 9.00. The second-order valence-electron chi connectivity index (χ2n) is 8.59. The molecular formula is C25H26ClN5O3. The van der Waals surface area contributed by atoms with Crippen molar-refractivity contribution in [3.63, 3.8) is 0 Å². The summed E-state index contributed by atoms with van der Waals surface area (Å²) in [5.74, 6) is -0.215. The molecule has 0 spiro atoms. The van der Waals surface area contributed by atoms with Crippen LogP contribution in [0.1, 0.15) is 11.1 Å². The van der Waals surface area contributed by atoms with E-state index in [9.17, 15) is 9.59 Å². The van der Waals surface area contributed by atoms with Crippen molar-refractivity contribution >= 4 is 23.4 Å². The molecule has 2 aliphatic heterocycles. The van der Waals surface area contributed by atoms with Gasteiger partial charge < -0.3 is 15.0 Å². The van der Waals surface area contributed by atoms with Crippen molar-refractivity contribution in [1.82, 2.24) is 24.9 Å². The van der Waals surface area contributed by atoms with Crippen LogP contribution in [0.25, 0.3) is 5.69 Å². The summed E-state index contributed by atoms with van der Waals surface area (Å²) in [6.45, 7) is 2.87. The van der Waals surface area contributed by atoms with E-state index in [1.807, 2.05) is 67.0 Å². The van der Waals surface area contributed by atoms with Gasteiger partial charge in [-0.15, -0.1) is 0 Å². The summed E-state index contributed by atoms with van der Waals surface area (Å²) in [6.07, 6.45) is 3.75. The molecule has 9 heteroatoms. The number of para-hydroxylation sites is 1. The highest BCUT2D eigenvalue weighted by Crippen LogP contribution is 2.21. The zero-order chi connectivity index (χ0) is 23.5. The molecule has 0 saturated carbocycles. The van der Waals surface area contributed by atoms with Crippen LogP contribution in [0, 0.1) is 0 Å². The summed E-state index contributed by atoms with van der Waals surface area (Å²) in [5.41, 5.74) is 2.86. The number of nitrogens with zero attached hydrogens (tertiary/aromatic N) is 4. The normalized spacial score (nSPS) is 20.8. The van der Waals surface area contributed by atoms with Crippen LogP contribution in [-0.4, -0.2) is 69.7 Å². The van der Waals surface area contributed by atoms with Crippen molar-refractivity contribution in [3.8, 4) is 5.69 Å². The Morgan fingerprint density at radius 2 is 1.82 bits per heavy atom. The maximum absolute atomic E-state index is 13.0. The van der Waals surface area contributed by atoms with Crippen LogP contribution >= 0.6 is 11.6 Å². The highest BCUT2D eigenvalue weighted by molar-refractivity contribution is 6.32. The van der Waals surface area contributed by atoms with E-state index in [2.05, 4.69) is 15.3 Å². The molecule has 176 valence electrons. The molecule has 2 amide bonds. The number of nitrogens with one attached hydrogen (secondary N) is 1. The predicted molar refractivity (Wildman–Crippen MR) is 127 cm³/mol. The Balaban J connectivity index is 1.17. The van der Waals surface area contributed by atoms with Crippen LogP contribution in [0.4, 0.5) is 0 Å². The monoisotopic (exact) mass is 479 g/mol. The average Bonchev–Trinajstić information content (AvgIpc) is 3.31. The molecule has 0 unspecified atom stereocenters. The Morgan fingerprint density at radius 3 is 2.65 bits per heavy atom. The summed E-state index contributed by atoms with van der Waals surface area (Å²) in [7, 11) is 0. The molecule has 2 saturated heterocycles. The zero-order valence-electron chi connectivity index (χ0n) is 18.6. The van der Waals surface area contributed by atoms with Gasteiger partial charge >= 0.3 is 0 Å². The third-order valence-corrected chi connectivity index (χ3v) is 6.52. The Hall–Kier alpha value is -3.20. The molecule has 3 aromatic rings. The van der Waals surface area contributed by atoms with Crippen molar-refractivity contribution in [3.05, 3.63) is 83.1 Å². The molecule has 1 aromatic heterocycles. The van der Waals surface area contributed by atoms with Gasteiger partial charge in [0.05, 0.1) is 30.1 Å². The van der Waals surface area contributed by atoms with E-state index < -0.39 is 12.1 Å². The number of benzene rings is 2. The molecule has 0 bridgehead atoms. The Kier molecular flexibility index (Phi) is 6.62. The smallest absolute Gasteiger partial charge is 0.248 e. The minimum atomic E-state index is -0.645. The molecule has 34 heavy (non-hydrogen) atoms. The number of carbonyl (C=O) groups excluding carboxylic acids is 2. The summed E-state index contributed by atoms with van der Waals surface area (Å²) in [4.78, 5) is 29.7. The third-order valence-electron chi connectivity index (χ3n) is 6.20. The van der Waals surface area contributed by atoms with Gasteiger partial charge in [0, 0.05) is 37.9 Å². The van der Waals surface area contributed by atoms with Crippen LogP contribution in [-0.2, 0) is 27.5 Å². The SMILES string of the molecule is O=C1N[C@@H](COCc2ccccc2)C(=O)N2CCN(Cc3cnn(-c4ccccc4Cl)c3)C[C@H]12. The molecule has 2 fully saturated rings. The fourth-order valence-corrected chi connectivity index (χ4v) is 4.67. The van der Waals surface area contributed by atoms with E-state index in [1.54, 1.807) is 9.58 Å². The number of hydrogen-bond acceptors (Lipinski definition) is 5. The quantitative estimate of drug-likeness (QED) is 0.562. The first kappa shape index (κ1) is 22.6. The van der Waals surface area contributed by atoms with Gasteiger partial charge in [0.1, 0.15) is 12.1 Å². The van der Waals surface area contributed by atoms with Gasteiger partial charge in [-0.2, -0.15) is 5.10 Å². The zero-order valence-corrected chi connectivity index (χ0v) is 19.4. The van der Waals surface area contributed by atoms with E-state index in [0.717, 1.165) is 16.8 Å². The first-order valence-corrected chi connectivity index (χ1v) is 11.7. The lowest BCUT2D eigenvalue weighted by molar-refractivity contribution is -0.155. The van der Waals surface area contributed by atoms with Gasteiger partial charge in [-0.1, -0.05) is 54.1 Å². The van der Waals surface area contributed by atoms with Gasteiger partial charge in [-0.3, -0.25) is 14.5 Å². The Labute approximate surface area is 203 Å².